The number of aryl methyl sites for hydroxylation is 2. The minimum absolute atomic E-state index is 0.0994. The van der Waals surface area contributed by atoms with E-state index in [-0.39, 0.29) is 10.8 Å². The summed E-state index contributed by atoms with van der Waals surface area (Å²) in [7, 11) is 0. The molecule has 2 N–H and O–H groups in total. The molecule has 190 valence electrons. The largest absolute Gasteiger partial charge is 0.330 e. The summed E-state index contributed by atoms with van der Waals surface area (Å²) in [6.45, 7) is 8.27. The Morgan fingerprint density at radius 3 is 1.59 bits per heavy atom. The fourth-order valence-electron chi connectivity index (χ4n) is 6.26. The molecule has 0 amide bonds. The third-order valence-electron chi connectivity index (χ3n) is 8.75. The monoisotopic (exact) mass is 488 g/mol. The summed E-state index contributed by atoms with van der Waals surface area (Å²) in [5.41, 5.74) is 14.4. The van der Waals surface area contributed by atoms with Crippen molar-refractivity contribution in [1.82, 2.24) is 4.90 Å². The van der Waals surface area contributed by atoms with Crippen molar-refractivity contribution in [2.45, 2.75) is 43.9 Å². The fourth-order valence-corrected chi connectivity index (χ4v) is 6.26. The zero-order chi connectivity index (χ0) is 25.7. The summed E-state index contributed by atoms with van der Waals surface area (Å²) in [6, 6.07) is 40.4. The maximum atomic E-state index is 6.39. The van der Waals surface area contributed by atoms with E-state index in [0.717, 1.165) is 38.9 Å². The molecule has 2 heteroatoms. The smallest absolute Gasteiger partial charge is 0.0463 e. The van der Waals surface area contributed by atoms with Crippen LogP contribution in [0.15, 0.2) is 109 Å². The zero-order valence-corrected chi connectivity index (χ0v) is 22.4. The first-order valence-electron chi connectivity index (χ1n) is 13.7. The average molecular weight is 489 g/mol. The van der Waals surface area contributed by atoms with Gasteiger partial charge in [0.05, 0.1) is 0 Å². The highest BCUT2D eigenvalue weighted by atomic mass is 15.1. The average Bonchev–Trinajstić information content (AvgIpc) is 2.96. The molecule has 4 aromatic carbocycles. The van der Waals surface area contributed by atoms with Gasteiger partial charge in [0, 0.05) is 17.4 Å². The Hall–Kier alpha value is -3.20. The number of nitrogens with two attached hydrogens (primary N) is 1. The fraction of sp³-hybridized carbons (Fsp3) is 0.314. The second kappa shape index (κ2) is 11.0. The van der Waals surface area contributed by atoms with Gasteiger partial charge < -0.3 is 10.6 Å². The van der Waals surface area contributed by atoms with Crippen molar-refractivity contribution in [2.75, 3.05) is 26.2 Å². The van der Waals surface area contributed by atoms with Gasteiger partial charge in [0.1, 0.15) is 0 Å². The van der Waals surface area contributed by atoms with E-state index < -0.39 is 0 Å². The predicted octanol–water partition coefficient (Wildman–Crippen LogP) is 7.02. The van der Waals surface area contributed by atoms with E-state index in [9.17, 15) is 0 Å². The highest BCUT2D eigenvalue weighted by Crippen LogP contribution is 2.43. The summed E-state index contributed by atoms with van der Waals surface area (Å²) in [6.07, 6.45) is 3.26. The first-order chi connectivity index (χ1) is 18.1. The lowest BCUT2D eigenvalue weighted by atomic mass is 9.67. The SMILES string of the molecule is Cc1ccc(C(CCN2CCC(CN)(c3ccccc3)CC2)(c2ccccc2)c2ccc(C)cc2)cc1. The van der Waals surface area contributed by atoms with E-state index in [0.29, 0.717) is 6.54 Å². The number of piperidine rings is 1. The van der Waals surface area contributed by atoms with Crippen LogP contribution < -0.4 is 5.73 Å². The van der Waals surface area contributed by atoms with E-state index in [2.05, 4.69) is 128 Å². The molecule has 0 aromatic heterocycles. The molecule has 0 atom stereocenters. The van der Waals surface area contributed by atoms with E-state index in [1.165, 1.54) is 33.4 Å². The van der Waals surface area contributed by atoms with Crippen molar-refractivity contribution < 1.29 is 0 Å². The molecule has 1 saturated heterocycles. The highest BCUT2D eigenvalue weighted by Gasteiger charge is 2.39. The second-order valence-electron chi connectivity index (χ2n) is 10.9. The van der Waals surface area contributed by atoms with Gasteiger partial charge in [-0.15, -0.1) is 0 Å². The normalized spacial score (nSPS) is 16.0. The Bertz CT molecular complexity index is 1210. The lowest BCUT2D eigenvalue weighted by molar-refractivity contribution is 0.155. The van der Waals surface area contributed by atoms with Crippen LogP contribution in [-0.4, -0.2) is 31.1 Å². The second-order valence-corrected chi connectivity index (χ2v) is 10.9. The van der Waals surface area contributed by atoms with E-state index in [1.54, 1.807) is 0 Å². The number of benzene rings is 4. The van der Waals surface area contributed by atoms with Crippen LogP contribution >= 0.6 is 0 Å². The number of rotatable bonds is 8. The molecule has 37 heavy (non-hydrogen) atoms. The standard InChI is InChI=1S/C35H40N2/c1-28-13-17-32(18-14-28)35(31-11-7-4-8-12-31,33-19-15-29(2)16-20-33)23-26-37-24-21-34(27-36,22-25-37)30-9-5-3-6-10-30/h3-20H,21-27,36H2,1-2H3. The molecule has 5 rings (SSSR count). The van der Waals surface area contributed by atoms with E-state index in [1.807, 2.05) is 0 Å². The van der Waals surface area contributed by atoms with Gasteiger partial charge in [-0.25, -0.2) is 0 Å². The highest BCUT2D eigenvalue weighted by molar-refractivity contribution is 5.51. The Balaban J connectivity index is 1.47. The molecule has 0 aliphatic carbocycles. The minimum Gasteiger partial charge on any atom is -0.330 e. The van der Waals surface area contributed by atoms with Gasteiger partial charge in [-0.1, -0.05) is 120 Å². The van der Waals surface area contributed by atoms with Gasteiger partial charge in [0.2, 0.25) is 0 Å². The Morgan fingerprint density at radius 2 is 1.11 bits per heavy atom. The van der Waals surface area contributed by atoms with Crippen molar-refractivity contribution in [3.8, 4) is 0 Å². The minimum atomic E-state index is -0.204. The van der Waals surface area contributed by atoms with Crippen LogP contribution in [0.25, 0.3) is 0 Å². The van der Waals surface area contributed by atoms with Crippen LogP contribution in [0.1, 0.15) is 52.6 Å². The van der Waals surface area contributed by atoms with Crippen LogP contribution in [-0.2, 0) is 10.8 Å². The quantitative estimate of drug-likeness (QED) is 0.270. The van der Waals surface area contributed by atoms with Crippen molar-refractivity contribution in [3.63, 3.8) is 0 Å². The number of hydrogen-bond donors (Lipinski definition) is 1. The molecule has 4 aromatic rings. The van der Waals surface area contributed by atoms with Crippen LogP contribution in [0, 0.1) is 13.8 Å². The third kappa shape index (κ3) is 5.14. The number of nitrogens with zero attached hydrogens (tertiary/aromatic N) is 1. The van der Waals surface area contributed by atoms with Gasteiger partial charge in [-0.2, -0.15) is 0 Å². The molecule has 1 fully saturated rings. The van der Waals surface area contributed by atoms with Crippen molar-refractivity contribution >= 4 is 0 Å². The summed E-state index contributed by atoms with van der Waals surface area (Å²) < 4.78 is 0. The van der Waals surface area contributed by atoms with Crippen molar-refractivity contribution in [1.29, 1.82) is 0 Å². The maximum absolute atomic E-state index is 6.39. The van der Waals surface area contributed by atoms with Gasteiger partial charge in [-0.05, 0) is 75.0 Å². The van der Waals surface area contributed by atoms with Crippen molar-refractivity contribution in [2.24, 2.45) is 5.73 Å². The van der Waals surface area contributed by atoms with E-state index in [4.69, 9.17) is 5.73 Å². The molecular weight excluding hydrogens is 448 g/mol. The van der Waals surface area contributed by atoms with Gasteiger partial charge in [0.15, 0.2) is 0 Å². The molecule has 0 spiro atoms. The molecule has 0 radical (unpaired) electrons. The van der Waals surface area contributed by atoms with Gasteiger partial charge in [-0.3, -0.25) is 0 Å². The molecule has 1 aliphatic heterocycles. The molecule has 1 heterocycles. The molecule has 0 saturated carbocycles. The predicted molar refractivity (Wildman–Crippen MR) is 156 cm³/mol. The first kappa shape index (κ1) is 25.4. The zero-order valence-electron chi connectivity index (χ0n) is 22.4. The lowest BCUT2D eigenvalue weighted by Gasteiger charge is -2.43. The van der Waals surface area contributed by atoms with Crippen LogP contribution in [0.5, 0.6) is 0 Å². The number of hydrogen-bond acceptors (Lipinski definition) is 2. The summed E-state index contributed by atoms with van der Waals surface area (Å²) in [5.74, 6) is 0. The topological polar surface area (TPSA) is 29.3 Å². The van der Waals surface area contributed by atoms with Crippen LogP contribution in [0.3, 0.4) is 0 Å². The van der Waals surface area contributed by atoms with Crippen molar-refractivity contribution in [3.05, 3.63) is 143 Å². The third-order valence-corrected chi connectivity index (χ3v) is 8.75. The van der Waals surface area contributed by atoms with Gasteiger partial charge in [0.25, 0.3) is 0 Å². The Kier molecular flexibility index (Phi) is 7.60. The first-order valence-corrected chi connectivity index (χ1v) is 13.7. The van der Waals surface area contributed by atoms with Crippen LogP contribution in [0.4, 0.5) is 0 Å². The summed E-state index contributed by atoms with van der Waals surface area (Å²) in [5, 5.41) is 0. The Labute approximate surface area is 223 Å². The molecular formula is C35H40N2. The summed E-state index contributed by atoms with van der Waals surface area (Å²) >= 11 is 0. The summed E-state index contributed by atoms with van der Waals surface area (Å²) in [4.78, 5) is 2.66. The van der Waals surface area contributed by atoms with E-state index >= 15 is 0 Å². The lowest BCUT2D eigenvalue weighted by Crippen LogP contribution is -2.47. The van der Waals surface area contributed by atoms with Crippen LogP contribution in [0.2, 0.25) is 0 Å². The molecule has 0 unspecified atom stereocenters. The van der Waals surface area contributed by atoms with Gasteiger partial charge >= 0.3 is 0 Å². The number of likely N-dealkylation sites (tertiary alicyclic amines) is 1. The Morgan fingerprint density at radius 1 is 0.649 bits per heavy atom. The molecule has 2 nitrogen and oxygen atoms in total. The molecule has 1 aliphatic rings. The molecule has 0 bridgehead atoms. The maximum Gasteiger partial charge on any atom is 0.0463 e.